The standard InChI is InChI=1S/C19H14F3NO2S/c20-19(21,22)14-7-5-12(6-8-14)18-23(9-10-26-18)17(24)16-11-13-3-1-2-4-15(13)25-16/h1-8,11,18H,9-10H2. The third-order valence-corrected chi connectivity index (χ3v) is 5.57. The number of hydrogen-bond acceptors (Lipinski definition) is 3. The zero-order valence-electron chi connectivity index (χ0n) is 13.5. The van der Waals surface area contributed by atoms with Crippen LogP contribution in [0, 0.1) is 0 Å². The molecule has 134 valence electrons. The van der Waals surface area contributed by atoms with Crippen molar-refractivity contribution in [3.8, 4) is 0 Å². The molecular formula is C19H14F3NO2S. The zero-order chi connectivity index (χ0) is 18.3. The second-order valence-corrected chi connectivity index (χ2v) is 7.18. The molecule has 1 aliphatic heterocycles. The van der Waals surface area contributed by atoms with Crippen LogP contribution in [0.25, 0.3) is 11.0 Å². The minimum atomic E-state index is -4.37. The van der Waals surface area contributed by atoms with Gasteiger partial charge in [0.05, 0.1) is 5.56 Å². The van der Waals surface area contributed by atoms with Crippen molar-refractivity contribution in [2.75, 3.05) is 12.3 Å². The smallest absolute Gasteiger partial charge is 0.416 e. The minimum Gasteiger partial charge on any atom is -0.451 e. The number of nitrogens with zero attached hydrogens (tertiary/aromatic N) is 1. The number of carbonyl (C=O) groups is 1. The summed E-state index contributed by atoms with van der Waals surface area (Å²) in [6.07, 6.45) is -4.37. The molecule has 3 nitrogen and oxygen atoms in total. The maximum atomic E-state index is 12.9. The summed E-state index contributed by atoms with van der Waals surface area (Å²) < 4.78 is 43.9. The Morgan fingerprint density at radius 1 is 1.12 bits per heavy atom. The van der Waals surface area contributed by atoms with Gasteiger partial charge in [-0.25, -0.2) is 0 Å². The predicted octanol–water partition coefficient (Wildman–Crippen LogP) is 5.34. The van der Waals surface area contributed by atoms with Crippen molar-refractivity contribution >= 4 is 28.6 Å². The topological polar surface area (TPSA) is 33.5 Å². The van der Waals surface area contributed by atoms with Crippen molar-refractivity contribution < 1.29 is 22.4 Å². The number of fused-ring (bicyclic) bond motifs is 1. The fourth-order valence-electron chi connectivity index (χ4n) is 3.02. The molecule has 0 bridgehead atoms. The van der Waals surface area contributed by atoms with Crippen LogP contribution in [0.4, 0.5) is 13.2 Å². The number of carbonyl (C=O) groups excluding carboxylic acids is 1. The van der Waals surface area contributed by atoms with E-state index in [9.17, 15) is 18.0 Å². The molecule has 0 N–H and O–H groups in total. The number of thioether (sulfide) groups is 1. The zero-order valence-corrected chi connectivity index (χ0v) is 14.3. The predicted molar refractivity (Wildman–Crippen MR) is 93.9 cm³/mol. The molecule has 7 heteroatoms. The summed E-state index contributed by atoms with van der Waals surface area (Å²) >= 11 is 1.53. The molecule has 0 spiro atoms. The van der Waals surface area contributed by atoms with Crippen LogP contribution < -0.4 is 0 Å². The second kappa shape index (κ2) is 6.39. The molecule has 1 unspecified atom stereocenters. The van der Waals surface area contributed by atoms with Gasteiger partial charge in [0.15, 0.2) is 5.76 Å². The number of rotatable bonds is 2. The van der Waals surface area contributed by atoms with Crippen LogP contribution in [0.2, 0.25) is 0 Å². The van der Waals surface area contributed by atoms with Gasteiger partial charge in [0.2, 0.25) is 0 Å². The van der Waals surface area contributed by atoms with Crippen molar-refractivity contribution in [2.24, 2.45) is 0 Å². The first kappa shape index (κ1) is 17.0. The quantitative estimate of drug-likeness (QED) is 0.604. The number of hydrogen-bond donors (Lipinski definition) is 0. The van der Waals surface area contributed by atoms with E-state index in [1.165, 1.54) is 23.9 Å². The van der Waals surface area contributed by atoms with Crippen LogP contribution in [-0.4, -0.2) is 23.1 Å². The van der Waals surface area contributed by atoms with Crippen molar-refractivity contribution in [3.63, 3.8) is 0 Å². The van der Waals surface area contributed by atoms with Gasteiger partial charge in [-0.05, 0) is 29.8 Å². The van der Waals surface area contributed by atoms with Gasteiger partial charge in [-0.1, -0.05) is 30.3 Å². The van der Waals surface area contributed by atoms with Gasteiger partial charge in [-0.3, -0.25) is 4.79 Å². The van der Waals surface area contributed by atoms with E-state index >= 15 is 0 Å². The SMILES string of the molecule is O=C(c1cc2ccccc2o1)N1CCSC1c1ccc(C(F)(F)F)cc1. The van der Waals surface area contributed by atoms with E-state index in [0.717, 1.165) is 23.3 Å². The Balaban J connectivity index is 1.60. The lowest BCUT2D eigenvalue weighted by atomic mass is 10.1. The maximum absolute atomic E-state index is 12.9. The fraction of sp³-hybridized carbons (Fsp3) is 0.211. The Morgan fingerprint density at radius 3 is 2.54 bits per heavy atom. The van der Waals surface area contributed by atoms with Crippen LogP contribution in [0.1, 0.15) is 27.1 Å². The molecule has 1 fully saturated rings. The summed E-state index contributed by atoms with van der Waals surface area (Å²) in [6, 6.07) is 14.0. The number of alkyl halides is 3. The molecule has 0 radical (unpaired) electrons. The Kier molecular flexibility index (Phi) is 4.19. The van der Waals surface area contributed by atoms with E-state index < -0.39 is 11.7 Å². The molecular weight excluding hydrogens is 363 g/mol. The average Bonchev–Trinajstić information content (AvgIpc) is 3.27. The highest BCUT2D eigenvalue weighted by molar-refractivity contribution is 7.99. The van der Waals surface area contributed by atoms with Crippen molar-refractivity contribution in [2.45, 2.75) is 11.6 Å². The third-order valence-electron chi connectivity index (χ3n) is 4.31. The third kappa shape index (κ3) is 3.07. The minimum absolute atomic E-state index is 0.241. The largest absolute Gasteiger partial charge is 0.451 e. The lowest BCUT2D eigenvalue weighted by molar-refractivity contribution is -0.137. The first-order chi connectivity index (χ1) is 12.4. The van der Waals surface area contributed by atoms with Crippen LogP contribution in [0.15, 0.2) is 59.0 Å². The molecule has 3 aromatic rings. The molecule has 1 saturated heterocycles. The number of amides is 1. The van der Waals surface area contributed by atoms with Crippen molar-refractivity contribution in [1.82, 2.24) is 4.90 Å². The molecule has 2 aromatic carbocycles. The molecule has 1 aromatic heterocycles. The van der Waals surface area contributed by atoms with E-state index in [-0.39, 0.29) is 17.0 Å². The Bertz CT molecular complexity index is 916. The normalized spacial score (nSPS) is 17.8. The highest BCUT2D eigenvalue weighted by Gasteiger charge is 2.34. The van der Waals surface area contributed by atoms with E-state index in [1.54, 1.807) is 17.0 Å². The monoisotopic (exact) mass is 377 g/mol. The van der Waals surface area contributed by atoms with E-state index in [1.807, 2.05) is 18.2 Å². The van der Waals surface area contributed by atoms with Gasteiger partial charge < -0.3 is 9.32 Å². The average molecular weight is 377 g/mol. The second-order valence-electron chi connectivity index (χ2n) is 5.99. The van der Waals surface area contributed by atoms with Gasteiger partial charge in [0.1, 0.15) is 11.0 Å². The van der Waals surface area contributed by atoms with Crippen LogP contribution in [-0.2, 0) is 6.18 Å². The van der Waals surface area contributed by atoms with Crippen LogP contribution in [0.3, 0.4) is 0 Å². The first-order valence-corrected chi connectivity index (χ1v) is 9.07. The molecule has 0 saturated carbocycles. The van der Waals surface area contributed by atoms with E-state index in [0.29, 0.717) is 17.7 Å². The van der Waals surface area contributed by atoms with Gasteiger partial charge in [0, 0.05) is 17.7 Å². The Morgan fingerprint density at radius 2 is 1.85 bits per heavy atom. The first-order valence-electron chi connectivity index (χ1n) is 8.02. The van der Waals surface area contributed by atoms with Crippen molar-refractivity contribution in [3.05, 3.63) is 71.5 Å². The fourth-order valence-corrected chi connectivity index (χ4v) is 4.28. The Hall–Kier alpha value is -2.41. The summed E-state index contributed by atoms with van der Waals surface area (Å²) in [7, 11) is 0. The summed E-state index contributed by atoms with van der Waals surface area (Å²) in [5, 5.41) is 0.520. The molecule has 2 heterocycles. The molecule has 0 aliphatic carbocycles. The van der Waals surface area contributed by atoms with Gasteiger partial charge in [-0.15, -0.1) is 11.8 Å². The molecule has 4 rings (SSSR count). The number of benzene rings is 2. The lowest BCUT2D eigenvalue weighted by Crippen LogP contribution is -2.30. The van der Waals surface area contributed by atoms with Gasteiger partial charge in [-0.2, -0.15) is 13.2 Å². The molecule has 26 heavy (non-hydrogen) atoms. The van der Waals surface area contributed by atoms with Crippen LogP contribution >= 0.6 is 11.8 Å². The van der Waals surface area contributed by atoms with Gasteiger partial charge in [0.25, 0.3) is 5.91 Å². The van der Waals surface area contributed by atoms with Crippen molar-refractivity contribution in [1.29, 1.82) is 0 Å². The lowest BCUT2D eigenvalue weighted by Gasteiger charge is -2.23. The molecule has 1 atom stereocenters. The number of para-hydroxylation sites is 1. The summed E-state index contributed by atoms with van der Waals surface area (Å²) in [5.74, 6) is 0.708. The summed E-state index contributed by atoms with van der Waals surface area (Å²) in [6.45, 7) is 0.520. The number of furan rings is 1. The summed E-state index contributed by atoms with van der Waals surface area (Å²) in [5.41, 5.74) is 0.609. The maximum Gasteiger partial charge on any atom is 0.416 e. The highest BCUT2D eigenvalue weighted by Crippen LogP contribution is 2.40. The summed E-state index contributed by atoms with van der Waals surface area (Å²) in [4.78, 5) is 14.5. The van der Waals surface area contributed by atoms with E-state index in [2.05, 4.69) is 0 Å². The molecule has 1 aliphatic rings. The van der Waals surface area contributed by atoms with Crippen LogP contribution in [0.5, 0.6) is 0 Å². The number of halogens is 3. The van der Waals surface area contributed by atoms with E-state index in [4.69, 9.17) is 4.42 Å². The Labute approximate surface area is 151 Å². The molecule has 1 amide bonds. The highest BCUT2D eigenvalue weighted by atomic mass is 32.2. The van der Waals surface area contributed by atoms with Gasteiger partial charge >= 0.3 is 6.18 Å².